The molecule has 27 heteroatoms. The van der Waals surface area contributed by atoms with E-state index in [-0.39, 0.29) is 24.2 Å². The van der Waals surface area contributed by atoms with Gasteiger partial charge in [-0.1, -0.05) is 59.3 Å². The maximum Gasteiger partial charge on any atom is 0.225 e. The van der Waals surface area contributed by atoms with Crippen molar-refractivity contribution in [3.05, 3.63) is 103 Å². The number of hydrogen-bond acceptors (Lipinski definition) is 24. The number of methoxy groups -OCH3 is 4. The fourth-order valence-electron chi connectivity index (χ4n) is 10.6. The average Bonchev–Trinajstić information content (AvgIpc) is 0.826. The van der Waals surface area contributed by atoms with Crippen LogP contribution in [0.1, 0.15) is 129 Å². The molecule has 2 aromatic carbocycles. The van der Waals surface area contributed by atoms with Crippen molar-refractivity contribution in [3.8, 4) is 23.0 Å². The summed E-state index contributed by atoms with van der Waals surface area (Å²) in [6.07, 6.45) is 15.5. The fourth-order valence-corrected chi connectivity index (χ4v) is 10.6. The van der Waals surface area contributed by atoms with E-state index >= 15 is 0 Å². The molecule has 2 aliphatic heterocycles. The Balaban J connectivity index is 0.000000217. The van der Waals surface area contributed by atoms with E-state index in [0.29, 0.717) is 111 Å². The lowest BCUT2D eigenvalue weighted by molar-refractivity contribution is -0.118. The van der Waals surface area contributed by atoms with Crippen molar-refractivity contribution in [2.75, 3.05) is 107 Å². The number of aromatic nitrogens is 9. The van der Waals surface area contributed by atoms with E-state index in [2.05, 4.69) is 92.2 Å². The molecule has 0 spiro atoms. The largest absolute Gasteiger partial charge is 0.497 e. The van der Waals surface area contributed by atoms with Gasteiger partial charge in [0.2, 0.25) is 17.8 Å². The van der Waals surface area contributed by atoms with Crippen LogP contribution < -0.4 is 51.3 Å². The first kappa shape index (κ1) is 78.2. The number of fused-ring (bicyclic) bond motifs is 3. The number of halogens is 3. The normalized spacial score (nSPS) is 14.2. The Labute approximate surface area is 573 Å². The number of ketones is 1. The smallest absolute Gasteiger partial charge is 0.225 e. The Bertz CT molecular complexity index is 3430. The molecule has 2 aliphatic rings. The van der Waals surface area contributed by atoms with Crippen LogP contribution in [0, 0.1) is 5.92 Å². The molecule has 0 radical (unpaired) electrons. The summed E-state index contributed by atoms with van der Waals surface area (Å²) in [7, 11) is 6.41. The number of nitrogens with zero attached hydrogens (tertiary/aromatic N) is 9. The lowest BCUT2D eigenvalue weighted by Gasteiger charge is -2.26. The summed E-state index contributed by atoms with van der Waals surface area (Å²) in [5.74, 6) is 4.65. The number of Topliss-reactive ketones (excluding diaryl/α,β-unsaturated/α-hetero) is 1. The molecule has 0 saturated carbocycles. The van der Waals surface area contributed by atoms with Gasteiger partial charge in [-0.25, -0.2) is 23.7 Å². The Morgan fingerprint density at radius 3 is 1.27 bits per heavy atom. The molecule has 2 fully saturated rings. The topological polar surface area (TPSA) is 315 Å². The van der Waals surface area contributed by atoms with Crippen LogP contribution in [-0.2, 0) is 27.4 Å². The van der Waals surface area contributed by atoms with Crippen LogP contribution in [0.3, 0.4) is 0 Å². The van der Waals surface area contributed by atoms with Gasteiger partial charge in [0.25, 0.3) is 0 Å². The lowest BCUT2D eigenvalue weighted by Crippen LogP contribution is -2.35. The van der Waals surface area contributed by atoms with Crippen molar-refractivity contribution in [3.63, 3.8) is 0 Å². The van der Waals surface area contributed by atoms with Crippen molar-refractivity contribution >= 4 is 74.2 Å². The van der Waals surface area contributed by atoms with Gasteiger partial charge in [-0.05, 0) is 113 Å². The van der Waals surface area contributed by atoms with Gasteiger partial charge in [0.05, 0.1) is 63.7 Å². The quantitative estimate of drug-likeness (QED) is 0.0189. The highest BCUT2D eigenvalue weighted by Gasteiger charge is 2.26. The highest BCUT2D eigenvalue weighted by atomic mass is 19.1. The number of nitrogens with one attached hydrogen (secondary N) is 5. The number of hydrogen-bond donors (Lipinski definition) is 8. The zero-order chi connectivity index (χ0) is 70.4. The van der Waals surface area contributed by atoms with Gasteiger partial charge in [-0.15, -0.1) is 0 Å². The van der Waals surface area contributed by atoms with Crippen molar-refractivity contribution in [1.29, 1.82) is 0 Å². The predicted molar refractivity (Wildman–Crippen MR) is 380 cm³/mol. The second-order valence-electron chi connectivity index (χ2n) is 23.5. The maximum absolute atomic E-state index is 13.5. The van der Waals surface area contributed by atoms with Crippen molar-refractivity contribution in [2.24, 2.45) is 5.92 Å². The van der Waals surface area contributed by atoms with Crippen molar-refractivity contribution in [1.82, 2.24) is 44.9 Å². The summed E-state index contributed by atoms with van der Waals surface area (Å²) in [5, 5.41) is 36.4. The third-order valence-electron chi connectivity index (χ3n) is 16.0. The standard InChI is InChI=1S/2C23H30FN5O3.C17H24FN5O.2C4H8O/c2*1-4-5-7-17(19(30)13-24)27-22-21-18(8-6-11-25-21)28-23(29-22)26-14-15-9-10-16(31-2)12-20(15)32-3;1-3-4-6-13(12(10-18)9-11(2)24)21-16-15-14(7-5-8-20-15)22-17(19)23-16;2*1-2-4-5-3-1/h2*6,8-12,17,19,30H,4-5,7,13-14H2,1-3H3,(H2,26,27,28,29);5,7-8,12-13H,3-4,6,9-10H2,1-2H3,(H3,19,21,22,23);2*1-4H2/t2*17-,19?;12?,13-;;/m111../s1. The second kappa shape index (κ2) is 43.5. The zero-order valence-electron chi connectivity index (χ0n) is 57.9. The van der Waals surface area contributed by atoms with E-state index in [0.717, 1.165) is 82.5 Å². The van der Waals surface area contributed by atoms with Crippen LogP contribution in [0.25, 0.3) is 33.1 Å². The molecule has 98 heavy (non-hydrogen) atoms. The molecule has 3 unspecified atom stereocenters. The summed E-state index contributed by atoms with van der Waals surface area (Å²) < 4.78 is 71.3. The summed E-state index contributed by atoms with van der Waals surface area (Å²) in [6, 6.07) is 20.8. The summed E-state index contributed by atoms with van der Waals surface area (Å²) >= 11 is 0. The molecule has 534 valence electrons. The van der Waals surface area contributed by atoms with E-state index in [1.807, 2.05) is 48.5 Å². The third kappa shape index (κ3) is 25.3. The Morgan fingerprint density at radius 1 is 0.531 bits per heavy atom. The van der Waals surface area contributed by atoms with E-state index in [9.17, 15) is 28.2 Å². The Morgan fingerprint density at radius 2 is 0.918 bits per heavy atom. The molecule has 8 aromatic rings. The molecule has 9 N–H and O–H groups in total. The monoisotopic (exact) mass is 1360 g/mol. The maximum atomic E-state index is 13.5. The fraction of sp³-hybridized carbons (Fsp3) is 0.521. The molecule has 2 saturated heterocycles. The molecule has 0 amide bonds. The van der Waals surface area contributed by atoms with Gasteiger partial charge in [0.1, 0.15) is 70.9 Å². The van der Waals surface area contributed by atoms with Gasteiger partial charge in [-0.3, -0.25) is 19.3 Å². The van der Waals surface area contributed by atoms with E-state index in [1.54, 1.807) is 71.3 Å². The molecule has 6 atom stereocenters. The summed E-state index contributed by atoms with van der Waals surface area (Å²) in [4.78, 5) is 51.1. The SMILES string of the molecule is C1CCOC1.C1CCOC1.CCCC[C@@H](Nc1nc(N)nc2cccnc12)C(CF)CC(C)=O.CCCC[C@@H](Nc1nc(NCc2ccc(OC)cc2OC)nc2cccnc12)C(O)CF.CCCC[C@@H](Nc1nc(NCc2ccc(OC)cc2OC)nc2cccnc12)C(O)CF. The summed E-state index contributed by atoms with van der Waals surface area (Å²) in [6.45, 7) is 10.3. The lowest BCUT2D eigenvalue weighted by atomic mass is 9.91. The molecule has 6 aromatic heterocycles. The van der Waals surface area contributed by atoms with Gasteiger partial charge in [-0.2, -0.15) is 15.0 Å². The number of aliphatic hydroxyl groups excluding tert-OH is 2. The zero-order valence-corrected chi connectivity index (χ0v) is 57.9. The number of unbranched alkanes of at least 4 members (excludes halogenated alkanes) is 3. The van der Waals surface area contributed by atoms with Crippen LogP contribution in [0.5, 0.6) is 23.0 Å². The molecule has 24 nitrogen and oxygen atoms in total. The minimum Gasteiger partial charge on any atom is -0.497 e. The molecule has 0 aliphatic carbocycles. The van der Waals surface area contributed by atoms with Gasteiger partial charge in [0.15, 0.2) is 17.5 Å². The number of carbonyl (C=O) groups excluding carboxylic acids is 1. The first-order valence-corrected chi connectivity index (χ1v) is 33.7. The molecule has 8 heterocycles. The van der Waals surface area contributed by atoms with E-state index < -0.39 is 50.2 Å². The molecular formula is C71H100F3N15O9. The molecule has 0 bridgehead atoms. The number of alkyl halides is 3. The van der Waals surface area contributed by atoms with Crippen LogP contribution in [0.2, 0.25) is 0 Å². The van der Waals surface area contributed by atoms with Crippen LogP contribution in [0.4, 0.5) is 48.5 Å². The number of aliphatic hydroxyl groups is 2. The number of nitrogen functional groups attached to an aromatic ring is 1. The van der Waals surface area contributed by atoms with E-state index in [4.69, 9.17) is 34.2 Å². The number of anilines is 6. The van der Waals surface area contributed by atoms with Crippen molar-refractivity contribution in [2.45, 2.75) is 161 Å². The highest BCUT2D eigenvalue weighted by Crippen LogP contribution is 2.30. The number of nitrogens with two attached hydrogens (primary N) is 1. The van der Waals surface area contributed by atoms with E-state index in [1.165, 1.54) is 32.6 Å². The number of rotatable bonds is 33. The molecule has 10 rings (SSSR count). The Kier molecular flexibility index (Phi) is 34.7. The van der Waals surface area contributed by atoms with Crippen molar-refractivity contribution < 1.29 is 56.6 Å². The number of carbonyl (C=O) groups is 1. The van der Waals surface area contributed by atoms with Crippen LogP contribution in [-0.4, -0.2) is 166 Å². The first-order valence-electron chi connectivity index (χ1n) is 33.7. The number of pyridine rings is 3. The van der Waals surface area contributed by atoms with Gasteiger partial charge >= 0.3 is 0 Å². The Hall–Kier alpha value is -8.79. The highest BCUT2D eigenvalue weighted by molar-refractivity contribution is 5.88. The minimum absolute atomic E-state index is 0.0221. The number of ether oxygens (including phenoxy) is 6. The van der Waals surface area contributed by atoms with Crippen LogP contribution in [0.15, 0.2) is 91.4 Å². The number of benzene rings is 2. The third-order valence-corrected chi connectivity index (χ3v) is 16.0. The van der Waals surface area contributed by atoms with Gasteiger partial charge < -0.3 is 75.7 Å². The molecular weight excluding hydrogens is 1260 g/mol. The first-order chi connectivity index (χ1) is 47.7. The summed E-state index contributed by atoms with van der Waals surface area (Å²) in [5.41, 5.74) is 11.2. The average molecular weight is 1360 g/mol. The predicted octanol–water partition coefficient (Wildman–Crippen LogP) is 12.6. The van der Waals surface area contributed by atoms with Crippen LogP contribution >= 0.6 is 0 Å². The van der Waals surface area contributed by atoms with Gasteiger partial charge in [0, 0.05) is 99.7 Å². The second-order valence-corrected chi connectivity index (χ2v) is 23.5. The minimum atomic E-state index is -1.13.